The van der Waals surface area contributed by atoms with Crippen LogP contribution < -0.4 is 5.32 Å². The third-order valence-electron chi connectivity index (χ3n) is 3.41. The Bertz CT molecular complexity index is 614. The number of hydrogen-bond donors (Lipinski definition) is 4. The Hall–Kier alpha value is -1.95. The van der Waals surface area contributed by atoms with Gasteiger partial charge in [0.15, 0.2) is 0 Å². The predicted octanol–water partition coefficient (Wildman–Crippen LogP) is 1.37. The van der Waals surface area contributed by atoms with Gasteiger partial charge in [-0.25, -0.2) is 0 Å². The number of aliphatic hydroxyl groups is 2. The van der Waals surface area contributed by atoms with E-state index in [1.165, 1.54) is 0 Å². The lowest BCUT2D eigenvalue weighted by Gasteiger charge is -2.12. The fraction of sp³-hybridized carbons (Fsp3) is 0.312. The molecule has 0 saturated heterocycles. The molecule has 0 spiro atoms. The minimum atomic E-state index is -0.155. The maximum atomic E-state index is 10.0. The Labute approximate surface area is 123 Å². The second kappa shape index (κ2) is 7.17. The average Bonchev–Trinajstić information content (AvgIpc) is 2.52. The first-order chi connectivity index (χ1) is 10.2. The number of nitrogens with one attached hydrogen (secondary N) is 1. The topological polar surface area (TPSA) is 85.6 Å². The van der Waals surface area contributed by atoms with E-state index in [2.05, 4.69) is 10.3 Å². The Morgan fingerprint density at radius 1 is 1.10 bits per heavy atom. The van der Waals surface area contributed by atoms with Crippen LogP contribution in [0.1, 0.15) is 27.9 Å². The van der Waals surface area contributed by atoms with Crippen LogP contribution in [0.5, 0.6) is 5.75 Å². The van der Waals surface area contributed by atoms with Gasteiger partial charge in [0, 0.05) is 30.4 Å². The monoisotopic (exact) mass is 288 g/mol. The van der Waals surface area contributed by atoms with Gasteiger partial charge in [-0.15, -0.1) is 0 Å². The van der Waals surface area contributed by atoms with Crippen LogP contribution in [-0.2, 0) is 26.3 Å². The molecule has 2 aromatic rings. The summed E-state index contributed by atoms with van der Waals surface area (Å²) >= 11 is 0. The maximum absolute atomic E-state index is 10.0. The molecule has 0 amide bonds. The van der Waals surface area contributed by atoms with Crippen molar-refractivity contribution in [2.75, 3.05) is 0 Å². The van der Waals surface area contributed by atoms with E-state index in [4.69, 9.17) is 5.11 Å². The van der Waals surface area contributed by atoms with Gasteiger partial charge < -0.3 is 20.6 Å². The number of rotatable bonds is 6. The van der Waals surface area contributed by atoms with Crippen molar-refractivity contribution in [2.45, 2.75) is 33.2 Å². The number of aromatic nitrogens is 1. The molecule has 0 atom stereocenters. The van der Waals surface area contributed by atoms with Crippen LogP contribution in [0.15, 0.2) is 30.5 Å². The van der Waals surface area contributed by atoms with Crippen LogP contribution in [0, 0.1) is 6.92 Å². The van der Waals surface area contributed by atoms with Crippen molar-refractivity contribution >= 4 is 0 Å². The number of aliphatic hydroxyl groups excluding tert-OH is 2. The SMILES string of the molecule is Cc1ncc(CO)c(CNCc2cccc(CO)c2)c1O. The molecule has 0 unspecified atom stereocenters. The van der Waals surface area contributed by atoms with Gasteiger partial charge in [-0.2, -0.15) is 0 Å². The molecule has 5 nitrogen and oxygen atoms in total. The van der Waals surface area contributed by atoms with Gasteiger partial charge in [0.2, 0.25) is 0 Å². The summed E-state index contributed by atoms with van der Waals surface area (Å²) < 4.78 is 0. The van der Waals surface area contributed by atoms with Crippen LogP contribution in [0.25, 0.3) is 0 Å². The lowest BCUT2D eigenvalue weighted by molar-refractivity contribution is 0.278. The molecule has 0 fully saturated rings. The molecule has 4 N–H and O–H groups in total. The number of benzene rings is 1. The summed E-state index contributed by atoms with van der Waals surface area (Å²) in [6.45, 7) is 2.64. The van der Waals surface area contributed by atoms with Gasteiger partial charge in [-0.1, -0.05) is 24.3 Å². The summed E-state index contributed by atoms with van der Waals surface area (Å²) in [4.78, 5) is 4.03. The lowest BCUT2D eigenvalue weighted by atomic mass is 10.1. The first-order valence-electron chi connectivity index (χ1n) is 6.82. The smallest absolute Gasteiger partial charge is 0.141 e. The van der Waals surface area contributed by atoms with Crippen molar-refractivity contribution in [3.63, 3.8) is 0 Å². The highest BCUT2D eigenvalue weighted by Crippen LogP contribution is 2.23. The van der Waals surface area contributed by atoms with E-state index in [9.17, 15) is 10.2 Å². The van der Waals surface area contributed by atoms with E-state index in [-0.39, 0.29) is 19.0 Å². The van der Waals surface area contributed by atoms with Gasteiger partial charge in [0.25, 0.3) is 0 Å². The number of aryl methyl sites for hydroxylation is 1. The van der Waals surface area contributed by atoms with Crippen LogP contribution in [0.3, 0.4) is 0 Å². The van der Waals surface area contributed by atoms with Crippen molar-refractivity contribution in [1.82, 2.24) is 10.3 Å². The molecule has 1 heterocycles. The van der Waals surface area contributed by atoms with Crippen LogP contribution in [0.2, 0.25) is 0 Å². The van der Waals surface area contributed by atoms with E-state index < -0.39 is 0 Å². The van der Waals surface area contributed by atoms with Crippen molar-refractivity contribution in [3.8, 4) is 5.75 Å². The molecular formula is C16H20N2O3. The average molecular weight is 288 g/mol. The summed E-state index contributed by atoms with van der Waals surface area (Å²) in [5.74, 6) is 0.123. The van der Waals surface area contributed by atoms with E-state index >= 15 is 0 Å². The number of aromatic hydroxyl groups is 1. The third kappa shape index (κ3) is 3.78. The third-order valence-corrected chi connectivity index (χ3v) is 3.41. The molecule has 0 radical (unpaired) electrons. The largest absolute Gasteiger partial charge is 0.506 e. The molecule has 0 aliphatic carbocycles. The normalized spacial score (nSPS) is 10.8. The fourth-order valence-electron chi connectivity index (χ4n) is 2.19. The first-order valence-corrected chi connectivity index (χ1v) is 6.82. The number of pyridine rings is 1. The second-order valence-corrected chi connectivity index (χ2v) is 4.94. The van der Waals surface area contributed by atoms with Gasteiger partial charge in [-0.05, 0) is 18.1 Å². The summed E-state index contributed by atoms with van der Waals surface area (Å²) in [6, 6.07) is 7.66. The van der Waals surface area contributed by atoms with Crippen molar-refractivity contribution < 1.29 is 15.3 Å². The highest BCUT2D eigenvalue weighted by Gasteiger charge is 2.10. The summed E-state index contributed by atoms with van der Waals surface area (Å²) in [7, 11) is 0. The highest BCUT2D eigenvalue weighted by molar-refractivity contribution is 5.40. The predicted molar refractivity (Wildman–Crippen MR) is 79.5 cm³/mol. The lowest BCUT2D eigenvalue weighted by Crippen LogP contribution is -2.15. The summed E-state index contributed by atoms with van der Waals surface area (Å²) in [5, 5.41) is 31.7. The van der Waals surface area contributed by atoms with Crippen LogP contribution in [-0.4, -0.2) is 20.3 Å². The molecule has 21 heavy (non-hydrogen) atoms. The highest BCUT2D eigenvalue weighted by atomic mass is 16.3. The molecular weight excluding hydrogens is 268 g/mol. The molecule has 112 valence electrons. The van der Waals surface area contributed by atoms with Crippen molar-refractivity contribution in [3.05, 3.63) is 58.4 Å². The zero-order valence-electron chi connectivity index (χ0n) is 12.0. The molecule has 2 rings (SSSR count). The molecule has 0 bridgehead atoms. The Morgan fingerprint density at radius 2 is 1.86 bits per heavy atom. The van der Waals surface area contributed by atoms with Gasteiger partial charge in [0.05, 0.1) is 18.9 Å². The molecule has 1 aromatic heterocycles. The molecule has 5 heteroatoms. The molecule has 1 aromatic carbocycles. The van der Waals surface area contributed by atoms with E-state index in [1.54, 1.807) is 13.1 Å². The minimum absolute atomic E-state index is 0.0207. The Kier molecular flexibility index (Phi) is 5.27. The van der Waals surface area contributed by atoms with Gasteiger partial charge in [0.1, 0.15) is 5.75 Å². The first kappa shape index (κ1) is 15.4. The second-order valence-electron chi connectivity index (χ2n) is 4.94. The van der Waals surface area contributed by atoms with Gasteiger partial charge >= 0.3 is 0 Å². The molecule has 0 aliphatic heterocycles. The van der Waals surface area contributed by atoms with Crippen LogP contribution in [0.4, 0.5) is 0 Å². The number of hydrogen-bond acceptors (Lipinski definition) is 5. The summed E-state index contributed by atoms with van der Waals surface area (Å²) in [6.07, 6.45) is 1.58. The van der Waals surface area contributed by atoms with E-state index in [0.717, 1.165) is 11.1 Å². The van der Waals surface area contributed by atoms with E-state index in [1.807, 2.05) is 24.3 Å². The number of nitrogens with zero attached hydrogens (tertiary/aromatic N) is 1. The molecule has 0 saturated carbocycles. The quantitative estimate of drug-likeness (QED) is 0.645. The Morgan fingerprint density at radius 3 is 2.57 bits per heavy atom. The molecule has 0 aliphatic rings. The standard InChI is InChI=1S/C16H20N2O3/c1-11-16(21)15(14(10-20)7-18-11)8-17-6-12-3-2-4-13(5-12)9-19/h2-5,7,17,19-21H,6,8-10H2,1H3. The summed E-state index contributed by atoms with van der Waals surface area (Å²) in [5.41, 5.74) is 3.76. The zero-order chi connectivity index (χ0) is 15.2. The van der Waals surface area contributed by atoms with Gasteiger partial charge in [-0.3, -0.25) is 4.98 Å². The minimum Gasteiger partial charge on any atom is -0.506 e. The maximum Gasteiger partial charge on any atom is 0.141 e. The van der Waals surface area contributed by atoms with E-state index in [0.29, 0.717) is 29.9 Å². The zero-order valence-corrected chi connectivity index (χ0v) is 12.0. The Balaban J connectivity index is 2.04. The van der Waals surface area contributed by atoms with Crippen LogP contribution >= 0.6 is 0 Å². The van der Waals surface area contributed by atoms with Crippen molar-refractivity contribution in [1.29, 1.82) is 0 Å². The fourth-order valence-corrected chi connectivity index (χ4v) is 2.19. The van der Waals surface area contributed by atoms with Crippen molar-refractivity contribution in [2.24, 2.45) is 0 Å².